The zero-order valence-electron chi connectivity index (χ0n) is 17.4. The second-order valence-corrected chi connectivity index (χ2v) is 6.60. The number of nitrogens with one attached hydrogen (secondary N) is 2. The molecule has 0 aliphatic heterocycles. The first-order valence-corrected chi connectivity index (χ1v) is 9.66. The van der Waals surface area contributed by atoms with Crippen LogP contribution >= 0.6 is 0 Å². The number of amides is 2. The number of nitrogens with zero attached hydrogens (tertiary/aromatic N) is 2. The summed E-state index contributed by atoms with van der Waals surface area (Å²) in [5.41, 5.74) is 6.64. The number of carbonyl (C=O) groups is 2. The van der Waals surface area contributed by atoms with Crippen molar-refractivity contribution in [2.24, 2.45) is 0 Å². The molecule has 0 radical (unpaired) electrons. The van der Waals surface area contributed by atoms with Crippen LogP contribution in [0.4, 0.5) is 4.39 Å². The van der Waals surface area contributed by atoms with E-state index in [-0.39, 0.29) is 12.4 Å². The molecular weight excluding hydrogens is 403 g/mol. The second-order valence-electron chi connectivity index (χ2n) is 6.60. The number of aryl methyl sites for hydroxylation is 1. The van der Waals surface area contributed by atoms with E-state index in [1.165, 1.54) is 12.1 Å². The topological polar surface area (TPSA) is 94.5 Å². The average Bonchev–Trinajstić information content (AvgIpc) is 3.06. The van der Waals surface area contributed by atoms with Crippen molar-refractivity contribution >= 4 is 11.8 Å². The van der Waals surface area contributed by atoms with Crippen LogP contribution < -0.4 is 20.3 Å². The van der Waals surface area contributed by atoms with Crippen molar-refractivity contribution < 1.29 is 23.5 Å². The molecule has 0 spiro atoms. The van der Waals surface area contributed by atoms with E-state index in [0.29, 0.717) is 40.7 Å². The summed E-state index contributed by atoms with van der Waals surface area (Å²) in [7, 11) is 0. The van der Waals surface area contributed by atoms with E-state index < -0.39 is 11.8 Å². The van der Waals surface area contributed by atoms with Crippen LogP contribution in [-0.2, 0) is 4.79 Å². The zero-order valence-corrected chi connectivity index (χ0v) is 17.4. The molecule has 0 fully saturated rings. The highest BCUT2D eigenvalue weighted by molar-refractivity contribution is 5.97. The Balaban J connectivity index is 1.61. The summed E-state index contributed by atoms with van der Waals surface area (Å²) in [4.78, 5) is 24.7. The van der Waals surface area contributed by atoms with Gasteiger partial charge in [0.2, 0.25) is 0 Å². The number of carbonyl (C=O) groups excluding carboxylic acids is 2. The van der Waals surface area contributed by atoms with E-state index in [4.69, 9.17) is 9.47 Å². The Hall–Kier alpha value is -3.88. The third-order valence-electron chi connectivity index (χ3n) is 4.41. The Bertz CT molecular complexity index is 1080. The molecule has 1 heterocycles. The van der Waals surface area contributed by atoms with Gasteiger partial charge in [0.05, 0.1) is 29.2 Å². The number of benzene rings is 2. The van der Waals surface area contributed by atoms with Gasteiger partial charge in [0.15, 0.2) is 18.1 Å². The highest BCUT2D eigenvalue weighted by atomic mass is 19.1. The summed E-state index contributed by atoms with van der Waals surface area (Å²) in [6, 6.07) is 12.8. The maximum Gasteiger partial charge on any atom is 0.276 e. The third kappa shape index (κ3) is 5.19. The van der Waals surface area contributed by atoms with Crippen molar-refractivity contribution in [1.29, 1.82) is 0 Å². The van der Waals surface area contributed by atoms with Crippen molar-refractivity contribution in [2.75, 3.05) is 13.2 Å². The lowest BCUT2D eigenvalue weighted by Crippen LogP contribution is -2.44. The van der Waals surface area contributed by atoms with E-state index in [0.717, 1.165) is 0 Å². The minimum absolute atomic E-state index is 0.308. The molecule has 0 aliphatic carbocycles. The van der Waals surface area contributed by atoms with Crippen LogP contribution in [0.3, 0.4) is 0 Å². The minimum Gasteiger partial charge on any atom is -0.490 e. The number of hydrazine groups is 1. The molecule has 31 heavy (non-hydrogen) atoms. The molecule has 0 atom stereocenters. The van der Waals surface area contributed by atoms with Crippen molar-refractivity contribution in [2.45, 2.75) is 20.8 Å². The Morgan fingerprint density at radius 1 is 1.00 bits per heavy atom. The van der Waals surface area contributed by atoms with Crippen LogP contribution in [0.2, 0.25) is 0 Å². The molecule has 162 valence electrons. The van der Waals surface area contributed by atoms with Gasteiger partial charge in [0, 0.05) is 0 Å². The fourth-order valence-corrected chi connectivity index (χ4v) is 3.02. The molecule has 8 nitrogen and oxygen atoms in total. The number of rotatable bonds is 7. The summed E-state index contributed by atoms with van der Waals surface area (Å²) < 4.78 is 25.6. The monoisotopic (exact) mass is 426 g/mol. The van der Waals surface area contributed by atoms with Crippen LogP contribution in [0, 0.1) is 19.7 Å². The summed E-state index contributed by atoms with van der Waals surface area (Å²) in [5, 5.41) is 4.34. The highest BCUT2D eigenvalue weighted by Gasteiger charge is 2.20. The van der Waals surface area contributed by atoms with Crippen molar-refractivity contribution in [3.63, 3.8) is 0 Å². The number of halogens is 1. The molecule has 0 saturated heterocycles. The maximum absolute atomic E-state index is 13.2. The zero-order chi connectivity index (χ0) is 22.4. The molecule has 9 heteroatoms. The van der Waals surface area contributed by atoms with Crippen LogP contribution in [0.25, 0.3) is 5.69 Å². The van der Waals surface area contributed by atoms with E-state index in [2.05, 4.69) is 16.0 Å². The van der Waals surface area contributed by atoms with Gasteiger partial charge in [0.25, 0.3) is 11.8 Å². The van der Waals surface area contributed by atoms with E-state index >= 15 is 0 Å². The Morgan fingerprint density at radius 3 is 2.29 bits per heavy atom. The van der Waals surface area contributed by atoms with Gasteiger partial charge in [-0.15, -0.1) is 0 Å². The Kier molecular flexibility index (Phi) is 6.86. The first-order chi connectivity index (χ1) is 14.9. The first-order valence-electron chi connectivity index (χ1n) is 9.66. The molecule has 3 rings (SSSR count). The summed E-state index contributed by atoms with van der Waals surface area (Å²) in [5.74, 6) is -0.469. The third-order valence-corrected chi connectivity index (χ3v) is 4.41. The summed E-state index contributed by atoms with van der Waals surface area (Å²) in [6.07, 6.45) is 0. The van der Waals surface area contributed by atoms with Crippen molar-refractivity contribution in [1.82, 2.24) is 20.6 Å². The number of para-hydroxylation sites is 2. The molecule has 2 N–H and O–H groups in total. The lowest BCUT2D eigenvalue weighted by molar-refractivity contribution is -0.123. The van der Waals surface area contributed by atoms with Crippen LogP contribution in [0.1, 0.15) is 28.7 Å². The molecule has 0 unspecified atom stereocenters. The van der Waals surface area contributed by atoms with E-state index in [9.17, 15) is 14.0 Å². The van der Waals surface area contributed by atoms with Crippen molar-refractivity contribution in [3.8, 4) is 17.2 Å². The SMILES string of the molecule is CCOc1ccccc1OCC(=O)NNC(=O)c1c(C)nn(-c2ccc(F)cc2)c1C. The quantitative estimate of drug-likeness (QED) is 0.567. The number of hydrogen-bond acceptors (Lipinski definition) is 5. The fraction of sp³-hybridized carbons (Fsp3) is 0.227. The van der Waals surface area contributed by atoms with Gasteiger partial charge < -0.3 is 9.47 Å². The molecule has 2 aromatic carbocycles. The average molecular weight is 426 g/mol. The standard InChI is InChI=1S/C22H23FN4O4/c1-4-30-18-7-5-6-8-19(18)31-13-20(28)24-25-22(29)21-14(2)26-27(15(21)3)17-11-9-16(23)10-12-17/h5-12H,4,13H2,1-3H3,(H,24,28)(H,25,29). The molecule has 2 amide bonds. The van der Waals surface area contributed by atoms with E-state index in [1.54, 1.807) is 54.9 Å². The molecule has 0 bridgehead atoms. The highest BCUT2D eigenvalue weighted by Crippen LogP contribution is 2.26. The summed E-state index contributed by atoms with van der Waals surface area (Å²) in [6.45, 7) is 5.40. The lowest BCUT2D eigenvalue weighted by Gasteiger charge is -2.12. The second kappa shape index (κ2) is 9.75. The van der Waals surface area contributed by atoms with E-state index in [1.807, 2.05) is 6.92 Å². The van der Waals surface area contributed by atoms with Crippen LogP contribution in [0.15, 0.2) is 48.5 Å². The minimum atomic E-state index is -0.541. The molecule has 0 saturated carbocycles. The van der Waals surface area contributed by atoms with Crippen LogP contribution in [0.5, 0.6) is 11.5 Å². The first kappa shape index (κ1) is 21.8. The molecule has 0 aliphatic rings. The van der Waals surface area contributed by atoms with Crippen LogP contribution in [-0.4, -0.2) is 34.8 Å². The normalized spacial score (nSPS) is 10.5. The number of hydrogen-bond donors (Lipinski definition) is 2. The van der Waals surface area contributed by atoms with Gasteiger partial charge >= 0.3 is 0 Å². The Morgan fingerprint density at radius 2 is 1.65 bits per heavy atom. The predicted molar refractivity (Wildman–Crippen MR) is 112 cm³/mol. The van der Waals surface area contributed by atoms with Gasteiger partial charge in [-0.1, -0.05) is 12.1 Å². The van der Waals surface area contributed by atoms with Gasteiger partial charge in [-0.25, -0.2) is 9.07 Å². The Labute approximate surface area is 178 Å². The fourth-order valence-electron chi connectivity index (χ4n) is 3.02. The molecule has 1 aromatic heterocycles. The van der Waals surface area contributed by atoms with Gasteiger partial charge in [-0.2, -0.15) is 5.10 Å². The van der Waals surface area contributed by atoms with Gasteiger partial charge in [-0.05, 0) is 57.2 Å². The summed E-state index contributed by atoms with van der Waals surface area (Å²) >= 11 is 0. The lowest BCUT2D eigenvalue weighted by atomic mass is 10.2. The number of aromatic nitrogens is 2. The van der Waals surface area contributed by atoms with Gasteiger partial charge in [-0.3, -0.25) is 20.4 Å². The molecular formula is C22H23FN4O4. The van der Waals surface area contributed by atoms with Crippen molar-refractivity contribution in [3.05, 3.63) is 71.3 Å². The molecule has 3 aromatic rings. The smallest absolute Gasteiger partial charge is 0.276 e. The predicted octanol–water partition coefficient (Wildman–Crippen LogP) is 2.87. The maximum atomic E-state index is 13.2. The largest absolute Gasteiger partial charge is 0.490 e. The number of ether oxygens (including phenoxy) is 2. The van der Waals surface area contributed by atoms with Gasteiger partial charge in [0.1, 0.15) is 5.82 Å².